The van der Waals surface area contributed by atoms with Gasteiger partial charge in [0.15, 0.2) is 6.29 Å². The zero-order valence-corrected chi connectivity index (χ0v) is 38.9. The number of carbonyl (C=O) groups is 1. The molecule has 1 saturated heterocycles. The van der Waals surface area contributed by atoms with Crippen LogP contribution in [-0.2, 0) is 14.3 Å². The van der Waals surface area contributed by atoms with E-state index in [4.69, 9.17) is 9.47 Å². The van der Waals surface area contributed by atoms with Crippen molar-refractivity contribution in [2.45, 2.75) is 274 Å². The molecule has 0 aromatic heterocycles. The lowest BCUT2D eigenvalue weighted by Gasteiger charge is -2.40. The van der Waals surface area contributed by atoms with Gasteiger partial charge in [0, 0.05) is 0 Å². The van der Waals surface area contributed by atoms with Crippen molar-refractivity contribution in [2.75, 3.05) is 13.2 Å². The number of unbranched alkanes of at least 4 members (excludes halogenated alkanes) is 26. The lowest BCUT2D eigenvalue weighted by atomic mass is 9.98. The lowest BCUT2D eigenvalue weighted by Crippen LogP contribution is -2.60. The van der Waals surface area contributed by atoms with Crippen LogP contribution in [0.15, 0.2) is 24.3 Å². The number of ether oxygens (including phenoxy) is 2. The van der Waals surface area contributed by atoms with E-state index in [0.29, 0.717) is 19.3 Å². The molecular formula is C50H95NO10. The van der Waals surface area contributed by atoms with Crippen molar-refractivity contribution in [1.29, 1.82) is 0 Å². The van der Waals surface area contributed by atoms with Gasteiger partial charge < -0.3 is 50.5 Å². The fourth-order valence-electron chi connectivity index (χ4n) is 8.05. The van der Waals surface area contributed by atoms with E-state index in [-0.39, 0.29) is 12.8 Å². The minimum absolute atomic E-state index is 0.248. The lowest BCUT2D eigenvalue weighted by molar-refractivity contribution is -0.303. The number of allylic oxidation sites excluding steroid dienone is 4. The Hall–Kier alpha value is -1.41. The zero-order chi connectivity index (χ0) is 44.8. The molecule has 0 radical (unpaired) electrons. The van der Waals surface area contributed by atoms with Gasteiger partial charge in [-0.25, -0.2) is 0 Å². The number of hydrogen-bond donors (Lipinski definition) is 8. The molecule has 0 saturated carbocycles. The molecule has 360 valence electrons. The molecular weight excluding hydrogens is 775 g/mol. The van der Waals surface area contributed by atoms with E-state index in [9.17, 15) is 40.5 Å². The highest BCUT2D eigenvalue weighted by molar-refractivity contribution is 5.80. The molecule has 1 heterocycles. The Morgan fingerprint density at radius 1 is 0.557 bits per heavy atom. The molecule has 1 aliphatic rings. The van der Waals surface area contributed by atoms with Crippen molar-refractivity contribution in [1.82, 2.24) is 5.32 Å². The second-order valence-electron chi connectivity index (χ2n) is 17.9. The number of rotatable bonds is 42. The molecule has 1 rings (SSSR count). The molecule has 11 nitrogen and oxygen atoms in total. The van der Waals surface area contributed by atoms with Crippen LogP contribution < -0.4 is 5.32 Å². The molecule has 1 amide bonds. The summed E-state index contributed by atoms with van der Waals surface area (Å²) >= 11 is 0. The summed E-state index contributed by atoms with van der Waals surface area (Å²) in [5.74, 6) is -0.709. The van der Waals surface area contributed by atoms with Gasteiger partial charge in [0.2, 0.25) is 5.91 Å². The first-order valence-electron chi connectivity index (χ1n) is 25.2. The van der Waals surface area contributed by atoms with Crippen molar-refractivity contribution in [3.8, 4) is 0 Å². The van der Waals surface area contributed by atoms with Crippen molar-refractivity contribution in [3.63, 3.8) is 0 Å². The van der Waals surface area contributed by atoms with Crippen LogP contribution in [0.2, 0.25) is 0 Å². The summed E-state index contributed by atoms with van der Waals surface area (Å²) in [6.45, 7) is 3.43. The van der Waals surface area contributed by atoms with E-state index in [0.717, 1.165) is 38.5 Å². The maximum Gasteiger partial charge on any atom is 0.249 e. The van der Waals surface area contributed by atoms with Gasteiger partial charge in [-0.15, -0.1) is 0 Å². The maximum atomic E-state index is 13.1. The number of nitrogens with one attached hydrogen (secondary N) is 1. The summed E-state index contributed by atoms with van der Waals surface area (Å²) in [5.41, 5.74) is 0. The summed E-state index contributed by atoms with van der Waals surface area (Å²) in [6, 6.07) is -1.19. The largest absolute Gasteiger partial charge is 0.394 e. The highest BCUT2D eigenvalue weighted by Gasteiger charge is 2.44. The van der Waals surface area contributed by atoms with Crippen LogP contribution in [0, 0.1) is 0 Å². The molecule has 11 heteroatoms. The first-order chi connectivity index (χ1) is 29.7. The van der Waals surface area contributed by atoms with Gasteiger partial charge in [0.25, 0.3) is 0 Å². The molecule has 9 unspecified atom stereocenters. The summed E-state index contributed by atoms with van der Waals surface area (Å²) in [7, 11) is 0. The van der Waals surface area contributed by atoms with Crippen LogP contribution in [0.5, 0.6) is 0 Å². The molecule has 9 atom stereocenters. The van der Waals surface area contributed by atoms with Crippen LogP contribution >= 0.6 is 0 Å². The van der Waals surface area contributed by atoms with Crippen LogP contribution in [0.4, 0.5) is 0 Å². The van der Waals surface area contributed by atoms with Gasteiger partial charge in [0.05, 0.1) is 25.4 Å². The van der Waals surface area contributed by atoms with Gasteiger partial charge in [-0.3, -0.25) is 4.79 Å². The normalized spacial score (nSPS) is 21.6. The molecule has 8 N–H and O–H groups in total. The predicted octanol–water partition coefficient (Wildman–Crippen LogP) is 9.01. The Labute approximate surface area is 372 Å². The van der Waals surface area contributed by atoms with E-state index in [1.54, 1.807) is 0 Å². The highest BCUT2D eigenvalue weighted by Crippen LogP contribution is 2.23. The van der Waals surface area contributed by atoms with E-state index >= 15 is 0 Å². The summed E-state index contributed by atoms with van der Waals surface area (Å²) in [5, 5.41) is 75.8. The Kier molecular flexibility index (Phi) is 37.9. The van der Waals surface area contributed by atoms with E-state index in [1.165, 1.54) is 135 Å². The van der Waals surface area contributed by atoms with Crippen LogP contribution in [0.25, 0.3) is 0 Å². The Balaban J connectivity index is 2.44. The van der Waals surface area contributed by atoms with E-state index in [2.05, 4.69) is 43.5 Å². The smallest absolute Gasteiger partial charge is 0.249 e. The summed E-state index contributed by atoms with van der Waals surface area (Å²) in [6.07, 6.45) is 33.7. The van der Waals surface area contributed by atoms with Crippen LogP contribution in [0.1, 0.15) is 219 Å². The predicted molar refractivity (Wildman–Crippen MR) is 247 cm³/mol. The maximum absolute atomic E-state index is 13.1. The van der Waals surface area contributed by atoms with Crippen molar-refractivity contribution < 1.29 is 50.0 Å². The molecule has 0 aliphatic carbocycles. The third-order valence-electron chi connectivity index (χ3n) is 12.2. The third-order valence-corrected chi connectivity index (χ3v) is 12.2. The fourth-order valence-corrected chi connectivity index (χ4v) is 8.05. The van der Waals surface area contributed by atoms with Crippen molar-refractivity contribution in [3.05, 3.63) is 24.3 Å². The average Bonchev–Trinajstić information content (AvgIpc) is 3.26. The Morgan fingerprint density at radius 3 is 1.46 bits per heavy atom. The van der Waals surface area contributed by atoms with Crippen molar-refractivity contribution >= 4 is 5.91 Å². The minimum Gasteiger partial charge on any atom is -0.394 e. The average molecular weight is 870 g/mol. The van der Waals surface area contributed by atoms with E-state index in [1.807, 2.05) is 0 Å². The first-order valence-corrected chi connectivity index (χ1v) is 25.2. The molecule has 61 heavy (non-hydrogen) atoms. The molecule has 0 bridgehead atoms. The molecule has 0 aromatic rings. The number of hydrogen-bond acceptors (Lipinski definition) is 10. The fraction of sp³-hybridized carbons (Fsp3) is 0.900. The Morgan fingerprint density at radius 2 is 0.984 bits per heavy atom. The summed E-state index contributed by atoms with van der Waals surface area (Å²) < 4.78 is 11.1. The third kappa shape index (κ3) is 29.6. The zero-order valence-electron chi connectivity index (χ0n) is 38.9. The number of amides is 1. The molecule has 1 fully saturated rings. The van der Waals surface area contributed by atoms with Crippen molar-refractivity contribution in [2.24, 2.45) is 0 Å². The van der Waals surface area contributed by atoms with Gasteiger partial charge in [-0.2, -0.15) is 0 Å². The molecule has 0 spiro atoms. The number of carbonyl (C=O) groups excluding carboxylic acids is 1. The molecule has 0 aromatic carbocycles. The molecule has 1 aliphatic heterocycles. The monoisotopic (exact) mass is 870 g/mol. The van der Waals surface area contributed by atoms with Crippen LogP contribution in [-0.4, -0.2) is 110 Å². The summed E-state index contributed by atoms with van der Waals surface area (Å²) in [4.78, 5) is 13.1. The SMILES string of the molecule is CCCCCCCCCCCC/C=C/CC/C=C/CCCC(O)C(O)C(COC1OC(CO)C(O)C(O)C1O)NC(=O)C(O)CCCCCCCCCCCCCCCCC. The van der Waals surface area contributed by atoms with Crippen LogP contribution in [0.3, 0.4) is 0 Å². The topological polar surface area (TPSA) is 189 Å². The van der Waals surface area contributed by atoms with E-state index < -0.39 is 74.2 Å². The highest BCUT2D eigenvalue weighted by atomic mass is 16.7. The standard InChI is InChI=1S/C50H95NO10/c1-3-5-7-9-11-13-15-17-19-20-21-22-24-25-27-29-31-33-35-37-42(53)45(55)41(40-60-50-48(58)47(57)46(56)44(39-52)61-50)51-49(59)43(54)38-36-34-32-30-28-26-23-18-16-14-12-10-8-6-4-2/h22,24,29,31,41-48,50,52-58H,3-21,23,25-28,30,32-40H2,1-2H3,(H,51,59)/b24-22+,31-29+. The number of aliphatic hydroxyl groups is 7. The number of aliphatic hydroxyl groups excluding tert-OH is 7. The van der Waals surface area contributed by atoms with Gasteiger partial charge in [0.1, 0.15) is 36.6 Å². The quantitative estimate of drug-likeness (QED) is 0.0217. The second-order valence-corrected chi connectivity index (χ2v) is 17.9. The first kappa shape index (κ1) is 57.6. The second kappa shape index (κ2) is 40.1. The van der Waals surface area contributed by atoms with Gasteiger partial charge in [-0.05, 0) is 51.4 Å². The van der Waals surface area contributed by atoms with Gasteiger partial charge >= 0.3 is 0 Å². The Bertz CT molecular complexity index is 1040. The van der Waals surface area contributed by atoms with Gasteiger partial charge in [-0.1, -0.05) is 192 Å². The minimum atomic E-state index is -1.67.